The number of azide groups is 1. The lowest BCUT2D eigenvalue weighted by Gasteiger charge is -2.17. The average Bonchev–Trinajstić information content (AvgIpc) is 2.90. The van der Waals surface area contributed by atoms with E-state index in [1.165, 1.54) is 13.1 Å². The fourth-order valence-corrected chi connectivity index (χ4v) is 2.48. The molecule has 0 spiro atoms. The second-order valence-corrected chi connectivity index (χ2v) is 5.11. The second kappa shape index (κ2) is 6.65. The molecule has 1 aromatic rings. The third kappa shape index (κ3) is 3.26. The number of carbonyl (C=O) groups is 1. The van der Waals surface area contributed by atoms with Gasteiger partial charge in [0.2, 0.25) is 0 Å². The maximum absolute atomic E-state index is 12.3. The molecule has 23 heavy (non-hydrogen) atoms. The van der Waals surface area contributed by atoms with Crippen molar-refractivity contribution >= 4 is 5.97 Å². The first kappa shape index (κ1) is 16.7. The standard InChI is InChI=1S/C12H15N5O6/c1-6-3-16(12(22)17(11(6)21)4-10(19)20)9-2-7(14-15-13)8(5-18)23-9/h3,7-9,18H,2,4-5H2,1H3,(H,19,20)/t7?,8-,9-/m1/s1. The van der Waals surface area contributed by atoms with Gasteiger partial charge in [0.15, 0.2) is 0 Å². The van der Waals surface area contributed by atoms with Crippen LogP contribution in [0.5, 0.6) is 0 Å². The normalized spacial score (nSPS) is 23.5. The number of ether oxygens (including phenoxy) is 1. The third-order valence-electron chi connectivity index (χ3n) is 3.55. The molecule has 0 aromatic carbocycles. The number of hydrogen-bond acceptors (Lipinski definition) is 6. The van der Waals surface area contributed by atoms with Crippen LogP contribution in [0.15, 0.2) is 20.9 Å². The Morgan fingerprint density at radius 1 is 1.57 bits per heavy atom. The summed E-state index contributed by atoms with van der Waals surface area (Å²) < 4.78 is 7.15. The van der Waals surface area contributed by atoms with Crippen molar-refractivity contribution in [3.05, 3.63) is 43.0 Å². The number of aliphatic hydroxyl groups is 1. The summed E-state index contributed by atoms with van der Waals surface area (Å²) in [4.78, 5) is 37.8. The smallest absolute Gasteiger partial charge is 0.333 e. The summed E-state index contributed by atoms with van der Waals surface area (Å²) in [5, 5.41) is 21.6. The van der Waals surface area contributed by atoms with E-state index in [0.717, 1.165) is 4.57 Å². The molecule has 1 saturated heterocycles. The molecule has 1 aliphatic rings. The molecule has 1 aliphatic heterocycles. The van der Waals surface area contributed by atoms with Gasteiger partial charge in [-0.2, -0.15) is 0 Å². The van der Waals surface area contributed by atoms with Gasteiger partial charge in [-0.1, -0.05) is 5.11 Å². The van der Waals surface area contributed by atoms with Crippen LogP contribution in [-0.4, -0.2) is 44.1 Å². The molecule has 1 unspecified atom stereocenters. The largest absolute Gasteiger partial charge is 0.480 e. The fourth-order valence-electron chi connectivity index (χ4n) is 2.48. The Bertz CT molecular complexity index is 777. The third-order valence-corrected chi connectivity index (χ3v) is 3.55. The summed E-state index contributed by atoms with van der Waals surface area (Å²) in [5.41, 5.74) is 7.15. The highest BCUT2D eigenvalue weighted by atomic mass is 16.5. The Morgan fingerprint density at radius 3 is 2.83 bits per heavy atom. The first-order valence-electron chi connectivity index (χ1n) is 6.74. The monoisotopic (exact) mass is 325 g/mol. The highest BCUT2D eigenvalue weighted by Gasteiger charge is 2.36. The van der Waals surface area contributed by atoms with Crippen LogP contribution >= 0.6 is 0 Å². The topological polar surface area (TPSA) is 160 Å². The van der Waals surface area contributed by atoms with Crippen LogP contribution in [-0.2, 0) is 16.1 Å². The Hall–Kier alpha value is -2.62. The minimum Gasteiger partial charge on any atom is -0.480 e. The Kier molecular flexibility index (Phi) is 4.84. The molecule has 2 N–H and O–H groups in total. The lowest BCUT2D eigenvalue weighted by molar-refractivity contribution is -0.137. The molecule has 0 aliphatic carbocycles. The minimum atomic E-state index is -1.33. The molecule has 1 aromatic heterocycles. The SMILES string of the molecule is Cc1cn([C@H]2CC(N=[N+]=[N-])[C@@H](CO)O2)c(=O)n(CC(=O)O)c1=O. The molecule has 3 atom stereocenters. The number of aliphatic carboxylic acids is 1. The quantitative estimate of drug-likeness (QED) is 0.416. The van der Waals surface area contributed by atoms with E-state index in [9.17, 15) is 19.5 Å². The molecule has 11 heteroatoms. The summed E-state index contributed by atoms with van der Waals surface area (Å²) >= 11 is 0. The molecule has 0 amide bonds. The number of carboxylic acid groups (broad SMARTS) is 1. The van der Waals surface area contributed by atoms with Gasteiger partial charge < -0.3 is 14.9 Å². The van der Waals surface area contributed by atoms with E-state index in [4.69, 9.17) is 15.4 Å². The van der Waals surface area contributed by atoms with Crippen molar-refractivity contribution in [3.63, 3.8) is 0 Å². The number of aliphatic hydroxyl groups excluding tert-OH is 1. The number of rotatable bonds is 5. The summed E-state index contributed by atoms with van der Waals surface area (Å²) in [6, 6.07) is -0.665. The van der Waals surface area contributed by atoms with Crippen LogP contribution in [0.4, 0.5) is 0 Å². The van der Waals surface area contributed by atoms with E-state index in [-0.39, 0.29) is 12.0 Å². The van der Waals surface area contributed by atoms with E-state index in [1.807, 2.05) is 0 Å². The van der Waals surface area contributed by atoms with Gasteiger partial charge in [-0.15, -0.1) is 0 Å². The molecule has 1 fully saturated rings. The van der Waals surface area contributed by atoms with Crippen molar-refractivity contribution in [3.8, 4) is 0 Å². The van der Waals surface area contributed by atoms with Crippen LogP contribution in [0.1, 0.15) is 18.2 Å². The summed E-state index contributed by atoms with van der Waals surface area (Å²) in [5.74, 6) is -1.33. The number of aryl methyl sites for hydroxylation is 1. The molecule has 2 heterocycles. The number of aromatic nitrogens is 2. The van der Waals surface area contributed by atoms with E-state index in [0.29, 0.717) is 4.57 Å². The zero-order chi connectivity index (χ0) is 17.1. The van der Waals surface area contributed by atoms with Gasteiger partial charge in [0.25, 0.3) is 5.56 Å². The van der Waals surface area contributed by atoms with Gasteiger partial charge in [-0.3, -0.25) is 14.2 Å². The Morgan fingerprint density at radius 2 is 2.26 bits per heavy atom. The van der Waals surface area contributed by atoms with Crippen molar-refractivity contribution < 1.29 is 19.7 Å². The maximum Gasteiger partial charge on any atom is 0.333 e. The van der Waals surface area contributed by atoms with Gasteiger partial charge in [-0.25, -0.2) is 9.36 Å². The molecule has 0 radical (unpaired) electrons. The van der Waals surface area contributed by atoms with Crippen LogP contribution in [0, 0.1) is 6.92 Å². The van der Waals surface area contributed by atoms with Crippen molar-refractivity contribution in [1.29, 1.82) is 0 Å². The van der Waals surface area contributed by atoms with Crippen molar-refractivity contribution in [2.75, 3.05) is 6.61 Å². The van der Waals surface area contributed by atoms with Gasteiger partial charge in [0.1, 0.15) is 12.8 Å². The molecular formula is C12H15N5O6. The van der Waals surface area contributed by atoms with Gasteiger partial charge in [0, 0.05) is 23.1 Å². The van der Waals surface area contributed by atoms with Crippen LogP contribution in [0.2, 0.25) is 0 Å². The van der Waals surface area contributed by atoms with E-state index in [1.54, 1.807) is 0 Å². The Labute approximate surface area is 129 Å². The van der Waals surface area contributed by atoms with Crippen molar-refractivity contribution in [1.82, 2.24) is 9.13 Å². The predicted molar refractivity (Wildman–Crippen MR) is 75.9 cm³/mol. The molecule has 124 valence electrons. The highest BCUT2D eigenvalue weighted by molar-refractivity contribution is 5.66. The number of nitrogens with zero attached hydrogens (tertiary/aromatic N) is 5. The van der Waals surface area contributed by atoms with E-state index < -0.39 is 48.7 Å². The van der Waals surface area contributed by atoms with Gasteiger partial charge in [-0.05, 0) is 12.5 Å². The number of hydrogen-bond donors (Lipinski definition) is 2. The summed E-state index contributed by atoms with van der Waals surface area (Å²) in [6.07, 6.45) is -0.252. The zero-order valence-electron chi connectivity index (χ0n) is 12.2. The highest BCUT2D eigenvalue weighted by Crippen LogP contribution is 2.29. The minimum absolute atomic E-state index is 0.125. The van der Waals surface area contributed by atoms with Gasteiger partial charge >= 0.3 is 11.7 Å². The predicted octanol–water partition coefficient (Wildman–Crippen LogP) is -0.638. The lowest BCUT2D eigenvalue weighted by atomic mass is 10.1. The molecule has 2 rings (SSSR count). The van der Waals surface area contributed by atoms with E-state index >= 15 is 0 Å². The number of carboxylic acids is 1. The summed E-state index contributed by atoms with van der Waals surface area (Å²) in [6.45, 7) is 0.276. The van der Waals surface area contributed by atoms with Crippen LogP contribution in [0.3, 0.4) is 0 Å². The second-order valence-electron chi connectivity index (χ2n) is 5.11. The Balaban J connectivity index is 2.47. The van der Waals surface area contributed by atoms with Crippen molar-refractivity contribution in [2.24, 2.45) is 5.11 Å². The lowest BCUT2D eigenvalue weighted by Crippen LogP contribution is -2.43. The first-order valence-corrected chi connectivity index (χ1v) is 6.74. The maximum atomic E-state index is 12.3. The molecule has 11 nitrogen and oxygen atoms in total. The molecular weight excluding hydrogens is 310 g/mol. The van der Waals surface area contributed by atoms with E-state index in [2.05, 4.69) is 10.0 Å². The summed E-state index contributed by atoms with van der Waals surface area (Å²) in [7, 11) is 0. The average molecular weight is 325 g/mol. The van der Waals surface area contributed by atoms with Crippen LogP contribution in [0.25, 0.3) is 10.4 Å². The van der Waals surface area contributed by atoms with Gasteiger partial charge in [0.05, 0.1) is 18.8 Å². The molecule has 0 bridgehead atoms. The fraction of sp³-hybridized carbons (Fsp3) is 0.583. The molecule has 0 saturated carbocycles. The zero-order valence-corrected chi connectivity index (χ0v) is 12.2. The first-order chi connectivity index (χ1) is 10.9. The van der Waals surface area contributed by atoms with Crippen LogP contribution < -0.4 is 11.2 Å². The van der Waals surface area contributed by atoms with Crippen molar-refractivity contribution in [2.45, 2.75) is 38.3 Å².